The summed E-state index contributed by atoms with van der Waals surface area (Å²) < 4.78 is 5.80. The zero-order chi connectivity index (χ0) is 16.2. The molecule has 1 aromatic heterocycles. The van der Waals surface area contributed by atoms with Gasteiger partial charge in [0.1, 0.15) is 11.6 Å². The van der Waals surface area contributed by atoms with E-state index in [0.29, 0.717) is 28.9 Å². The smallest absolute Gasteiger partial charge is 0.124 e. The number of pyridine rings is 1. The normalized spacial score (nSPS) is 13.4. The van der Waals surface area contributed by atoms with Crippen LogP contribution in [0.25, 0.3) is 0 Å². The summed E-state index contributed by atoms with van der Waals surface area (Å²) in [5.41, 5.74) is 10.6. The highest BCUT2D eigenvalue weighted by molar-refractivity contribution is 7.98. The van der Waals surface area contributed by atoms with E-state index >= 15 is 0 Å². The van der Waals surface area contributed by atoms with Gasteiger partial charge >= 0.3 is 0 Å². The maximum Gasteiger partial charge on any atom is 0.124 e. The van der Waals surface area contributed by atoms with E-state index in [1.165, 1.54) is 0 Å². The van der Waals surface area contributed by atoms with Gasteiger partial charge in [0.15, 0.2) is 0 Å². The second-order valence-electron chi connectivity index (χ2n) is 5.29. The molecule has 3 rings (SSSR count). The quantitative estimate of drug-likeness (QED) is 0.425. The minimum Gasteiger partial charge on any atom is -0.490 e. The molecule has 7 heteroatoms. The standard InChI is InChI=1S/C16H17N5OS/c17-7-10-1-2-13(22-12-3-4-12)5-11(10)9-23-15-6-16(18)20-8-14(15)21-19/h1-2,5-6,8,12,21H,3-4,9,19H2,(H2,18,20). The number of nitrogens with two attached hydrogens (primary N) is 2. The Bertz CT molecular complexity index is 755. The molecule has 2 aromatic rings. The lowest BCUT2D eigenvalue weighted by molar-refractivity contribution is 0.303. The van der Waals surface area contributed by atoms with E-state index in [-0.39, 0.29) is 0 Å². The summed E-state index contributed by atoms with van der Waals surface area (Å²) in [6.45, 7) is 0. The van der Waals surface area contributed by atoms with Crippen LogP contribution in [-0.2, 0) is 5.75 Å². The van der Waals surface area contributed by atoms with Gasteiger partial charge < -0.3 is 15.9 Å². The molecule has 1 aromatic carbocycles. The van der Waals surface area contributed by atoms with E-state index in [9.17, 15) is 5.26 Å². The molecule has 0 spiro atoms. The molecular weight excluding hydrogens is 310 g/mol. The van der Waals surface area contributed by atoms with E-state index < -0.39 is 0 Å². The summed E-state index contributed by atoms with van der Waals surface area (Å²) in [5.74, 6) is 7.35. The van der Waals surface area contributed by atoms with Crippen LogP contribution in [0.1, 0.15) is 24.0 Å². The molecule has 1 fully saturated rings. The Labute approximate surface area is 138 Å². The molecule has 1 heterocycles. The maximum absolute atomic E-state index is 9.28. The van der Waals surface area contributed by atoms with Gasteiger partial charge in [-0.3, -0.25) is 5.84 Å². The predicted molar refractivity (Wildman–Crippen MR) is 90.8 cm³/mol. The van der Waals surface area contributed by atoms with Crippen molar-refractivity contribution in [2.24, 2.45) is 5.84 Å². The van der Waals surface area contributed by atoms with Crippen molar-refractivity contribution in [2.75, 3.05) is 11.2 Å². The number of ether oxygens (including phenoxy) is 1. The van der Waals surface area contributed by atoms with Crippen molar-refractivity contribution in [1.29, 1.82) is 5.26 Å². The second-order valence-corrected chi connectivity index (χ2v) is 6.30. The van der Waals surface area contributed by atoms with Crippen LogP contribution in [0.3, 0.4) is 0 Å². The Kier molecular flexibility index (Phi) is 4.55. The Morgan fingerprint density at radius 2 is 2.22 bits per heavy atom. The maximum atomic E-state index is 9.28. The molecule has 5 N–H and O–H groups in total. The summed E-state index contributed by atoms with van der Waals surface area (Å²) in [7, 11) is 0. The Morgan fingerprint density at radius 3 is 2.91 bits per heavy atom. The van der Waals surface area contributed by atoms with Crippen molar-refractivity contribution >= 4 is 23.3 Å². The van der Waals surface area contributed by atoms with Gasteiger partial charge in [-0.05, 0) is 42.7 Å². The zero-order valence-electron chi connectivity index (χ0n) is 12.5. The molecule has 0 radical (unpaired) electrons. The minimum absolute atomic E-state index is 0.330. The number of hydrogen-bond donors (Lipinski definition) is 3. The number of nitrogens with zero attached hydrogens (tertiary/aromatic N) is 2. The number of benzene rings is 1. The van der Waals surface area contributed by atoms with E-state index in [1.54, 1.807) is 30.1 Å². The minimum atomic E-state index is 0.330. The fourth-order valence-corrected chi connectivity index (χ4v) is 3.11. The monoisotopic (exact) mass is 327 g/mol. The lowest BCUT2D eigenvalue weighted by atomic mass is 10.1. The Morgan fingerprint density at radius 1 is 1.39 bits per heavy atom. The van der Waals surface area contributed by atoms with Crippen molar-refractivity contribution in [1.82, 2.24) is 4.98 Å². The summed E-state index contributed by atoms with van der Waals surface area (Å²) >= 11 is 1.54. The largest absolute Gasteiger partial charge is 0.490 e. The summed E-state index contributed by atoms with van der Waals surface area (Å²) in [6, 6.07) is 9.57. The van der Waals surface area contributed by atoms with Gasteiger partial charge in [-0.25, -0.2) is 4.98 Å². The number of nitriles is 1. The summed E-state index contributed by atoms with van der Waals surface area (Å²) in [6.07, 6.45) is 4.13. The third-order valence-corrected chi connectivity index (χ3v) is 4.55. The van der Waals surface area contributed by atoms with Gasteiger partial charge in [-0.15, -0.1) is 11.8 Å². The molecule has 0 atom stereocenters. The van der Waals surface area contributed by atoms with Crippen molar-refractivity contribution < 1.29 is 4.74 Å². The second kappa shape index (κ2) is 6.77. The molecule has 0 unspecified atom stereocenters. The van der Waals surface area contributed by atoms with Crippen LogP contribution in [0, 0.1) is 11.3 Å². The Balaban J connectivity index is 1.78. The van der Waals surface area contributed by atoms with Crippen LogP contribution in [0.15, 0.2) is 35.4 Å². The number of thioether (sulfide) groups is 1. The van der Waals surface area contributed by atoms with Gasteiger partial charge in [0.05, 0.1) is 29.6 Å². The molecule has 1 aliphatic rings. The lowest BCUT2D eigenvalue weighted by Gasteiger charge is -2.11. The van der Waals surface area contributed by atoms with Crippen LogP contribution in [0.5, 0.6) is 5.75 Å². The molecule has 0 aliphatic heterocycles. The molecule has 1 aliphatic carbocycles. The number of rotatable bonds is 6. The van der Waals surface area contributed by atoms with Crippen LogP contribution < -0.4 is 21.7 Å². The highest BCUT2D eigenvalue weighted by Gasteiger charge is 2.23. The molecule has 1 saturated carbocycles. The van der Waals surface area contributed by atoms with Gasteiger partial charge in [-0.1, -0.05) is 0 Å². The van der Waals surface area contributed by atoms with E-state index in [1.807, 2.05) is 12.1 Å². The number of aromatic nitrogens is 1. The first-order valence-corrected chi connectivity index (χ1v) is 8.23. The van der Waals surface area contributed by atoms with E-state index in [0.717, 1.165) is 29.1 Å². The molecule has 23 heavy (non-hydrogen) atoms. The summed E-state index contributed by atoms with van der Waals surface area (Å²) in [5, 5.41) is 9.28. The summed E-state index contributed by atoms with van der Waals surface area (Å²) in [4.78, 5) is 4.89. The predicted octanol–water partition coefficient (Wildman–Crippen LogP) is 2.65. The highest BCUT2D eigenvalue weighted by atomic mass is 32.2. The van der Waals surface area contributed by atoms with Crippen LogP contribution in [-0.4, -0.2) is 11.1 Å². The van der Waals surface area contributed by atoms with Crippen molar-refractivity contribution in [2.45, 2.75) is 29.6 Å². The molecule has 6 nitrogen and oxygen atoms in total. The van der Waals surface area contributed by atoms with Crippen molar-refractivity contribution in [3.63, 3.8) is 0 Å². The van der Waals surface area contributed by atoms with Gasteiger partial charge in [0.25, 0.3) is 0 Å². The number of nitrogen functional groups attached to an aromatic ring is 2. The third-order valence-electron chi connectivity index (χ3n) is 3.45. The van der Waals surface area contributed by atoms with Gasteiger partial charge in [-0.2, -0.15) is 5.26 Å². The topological polar surface area (TPSA) is 110 Å². The number of anilines is 2. The van der Waals surface area contributed by atoms with Crippen molar-refractivity contribution in [3.05, 3.63) is 41.6 Å². The average molecular weight is 327 g/mol. The molecule has 0 bridgehead atoms. The number of hydrazine groups is 1. The van der Waals surface area contributed by atoms with E-state index in [2.05, 4.69) is 16.5 Å². The first-order chi connectivity index (χ1) is 11.2. The fraction of sp³-hybridized carbons (Fsp3) is 0.250. The number of nitrogens with one attached hydrogen (secondary N) is 1. The van der Waals surface area contributed by atoms with Crippen molar-refractivity contribution in [3.8, 4) is 11.8 Å². The Hall–Kier alpha value is -2.43. The SMILES string of the molecule is N#Cc1ccc(OC2CC2)cc1CSc1cc(N)ncc1NN. The molecule has 0 amide bonds. The van der Waals surface area contributed by atoms with Crippen LogP contribution >= 0.6 is 11.8 Å². The highest BCUT2D eigenvalue weighted by Crippen LogP contribution is 2.33. The molecule has 0 saturated heterocycles. The number of hydrogen-bond acceptors (Lipinski definition) is 7. The first kappa shape index (κ1) is 15.5. The van der Waals surface area contributed by atoms with Gasteiger partial charge in [0, 0.05) is 10.6 Å². The third kappa shape index (κ3) is 3.86. The molecular formula is C16H17N5OS. The van der Waals surface area contributed by atoms with E-state index in [4.69, 9.17) is 16.3 Å². The van der Waals surface area contributed by atoms with Crippen LogP contribution in [0.2, 0.25) is 0 Å². The average Bonchev–Trinajstić information content (AvgIpc) is 3.37. The lowest BCUT2D eigenvalue weighted by Crippen LogP contribution is -2.08. The first-order valence-electron chi connectivity index (χ1n) is 7.24. The van der Waals surface area contributed by atoms with Crippen LogP contribution in [0.4, 0.5) is 11.5 Å². The molecule has 118 valence electrons. The fourth-order valence-electron chi connectivity index (χ4n) is 2.09. The van der Waals surface area contributed by atoms with Gasteiger partial charge in [0.2, 0.25) is 0 Å². The zero-order valence-corrected chi connectivity index (χ0v) is 13.3.